The smallest absolute Gasteiger partial charge is 0.174 e. The predicted octanol–water partition coefficient (Wildman–Crippen LogP) is 5.21. The normalized spacial score (nSPS) is 12.3. The summed E-state index contributed by atoms with van der Waals surface area (Å²) < 4.78 is 58.9. The third-order valence-electron chi connectivity index (χ3n) is 4.50. The first-order valence-corrected chi connectivity index (χ1v) is 8.29. The minimum absolute atomic E-state index is 0. The fourth-order valence-electron chi connectivity index (χ4n) is 3.07. The van der Waals surface area contributed by atoms with E-state index in [2.05, 4.69) is 19.9 Å². The quantitative estimate of drug-likeness (QED) is 0.253. The van der Waals surface area contributed by atoms with Gasteiger partial charge in [-0.25, -0.2) is 27.5 Å². The molecular formula is C20H10F4N4Zn. The Bertz CT molecular complexity index is 1270. The molecule has 5 rings (SSSR count). The van der Waals surface area contributed by atoms with E-state index >= 15 is 0 Å². The average Bonchev–Trinajstić information content (AvgIpc) is 3.49. The van der Waals surface area contributed by atoms with Crippen molar-refractivity contribution in [1.29, 1.82) is 0 Å². The third kappa shape index (κ3) is 3.11. The molecule has 0 amide bonds. The van der Waals surface area contributed by atoms with E-state index in [1.165, 1.54) is 48.6 Å². The van der Waals surface area contributed by atoms with Crippen molar-refractivity contribution < 1.29 is 37.0 Å². The van der Waals surface area contributed by atoms with Crippen molar-refractivity contribution in [3.05, 3.63) is 70.3 Å². The molecule has 2 aliphatic rings. The van der Waals surface area contributed by atoms with Gasteiger partial charge < -0.3 is 9.97 Å². The topological polar surface area (TPSA) is 57.4 Å². The van der Waals surface area contributed by atoms with E-state index in [9.17, 15) is 17.6 Å². The number of halogens is 4. The fraction of sp³-hybridized carbons (Fsp3) is 0. The van der Waals surface area contributed by atoms with Crippen LogP contribution in [0.1, 0.15) is 22.8 Å². The number of aromatic nitrogens is 4. The van der Waals surface area contributed by atoms with Crippen LogP contribution in [0.4, 0.5) is 17.6 Å². The maximum Gasteiger partial charge on any atom is 0.174 e. The number of rotatable bonds is 0. The van der Waals surface area contributed by atoms with Crippen LogP contribution < -0.4 is 0 Å². The number of aromatic amines is 2. The SMILES string of the molecule is Fc1c2nc(c(F)c3ccc([nH]3)c(F)c3ccc([nH]3)c(F)c3nc1C=C3)C=C2.[Zn]. The minimum Gasteiger partial charge on any atom is -0.351 e. The standard InChI is InChI=1S/C20H10F4N4.Zn/c21-17-9-1-2-10(25-9)18(22)12-5-6-14(27-12)20(24)16-8-7-15(28-16)19(23)13-4-3-11(17)26-13;/h1-8,25-26H;. The molecule has 2 N–H and O–H groups in total. The summed E-state index contributed by atoms with van der Waals surface area (Å²) in [5, 5.41) is 0. The molecule has 3 aromatic rings. The summed E-state index contributed by atoms with van der Waals surface area (Å²) in [6.07, 6.45) is 5.20. The Morgan fingerprint density at radius 3 is 1.17 bits per heavy atom. The first-order chi connectivity index (χ1) is 13.5. The molecule has 0 atom stereocenters. The first kappa shape index (κ1) is 19.3. The summed E-state index contributed by atoms with van der Waals surface area (Å²) in [5.41, 5.74) is -0.506. The zero-order chi connectivity index (χ0) is 19.4. The van der Waals surface area contributed by atoms with Crippen LogP contribution in [0.25, 0.3) is 46.4 Å². The van der Waals surface area contributed by atoms with Crippen molar-refractivity contribution >= 4 is 46.4 Å². The zero-order valence-electron chi connectivity index (χ0n) is 14.7. The van der Waals surface area contributed by atoms with Crippen molar-refractivity contribution in [2.75, 3.05) is 0 Å². The van der Waals surface area contributed by atoms with Crippen LogP contribution in [-0.2, 0) is 19.5 Å². The molecule has 0 spiro atoms. The Hall–Kier alpha value is -3.06. The van der Waals surface area contributed by atoms with Crippen LogP contribution in [0.2, 0.25) is 0 Å². The van der Waals surface area contributed by atoms with Gasteiger partial charge in [-0.3, -0.25) is 0 Å². The van der Waals surface area contributed by atoms with Gasteiger partial charge in [0.05, 0.1) is 22.1 Å². The van der Waals surface area contributed by atoms with E-state index in [-0.39, 0.29) is 64.3 Å². The summed E-state index contributed by atoms with van der Waals surface area (Å²) in [6, 6.07) is 5.39. The van der Waals surface area contributed by atoms with E-state index in [1.54, 1.807) is 0 Å². The molecule has 3 aromatic heterocycles. The van der Waals surface area contributed by atoms with Gasteiger partial charge in [0.1, 0.15) is 22.8 Å². The minimum atomic E-state index is -0.802. The van der Waals surface area contributed by atoms with Crippen molar-refractivity contribution in [2.45, 2.75) is 0 Å². The summed E-state index contributed by atoms with van der Waals surface area (Å²) >= 11 is 0. The molecule has 2 aliphatic heterocycles. The van der Waals surface area contributed by atoms with E-state index in [1.807, 2.05) is 0 Å². The van der Waals surface area contributed by atoms with Crippen LogP contribution in [0.5, 0.6) is 0 Å². The van der Waals surface area contributed by atoms with Gasteiger partial charge in [-0.1, -0.05) is 0 Å². The summed E-state index contributed by atoms with van der Waals surface area (Å²) in [4.78, 5) is 13.1. The summed E-state index contributed by atoms with van der Waals surface area (Å²) in [7, 11) is 0. The van der Waals surface area contributed by atoms with Gasteiger partial charge in [-0.15, -0.1) is 0 Å². The molecule has 4 nitrogen and oxygen atoms in total. The Kier molecular flexibility index (Phi) is 4.70. The summed E-state index contributed by atoms with van der Waals surface area (Å²) in [6.45, 7) is 0. The molecular weight excluding hydrogens is 438 g/mol. The van der Waals surface area contributed by atoms with Crippen molar-refractivity contribution in [2.24, 2.45) is 0 Å². The molecule has 0 saturated carbocycles. The molecule has 0 aliphatic carbocycles. The van der Waals surface area contributed by atoms with Crippen LogP contribution in [-0.4, -0.2) is 19.9 Å². The van der Waals surface area contributed by atoms with Gasteiger partial charge in [0.25, 0.3) is 0 Å². The number of hydrogen-bond donors (Lipinski definition) is 2. The van der Waals surface area contributed by atoms with Gasteiger partial charge in [0.2, 0.25) is 0 Å². The number of nitrogens with one attached hydrogen (secondary N) is 2. The molecule has 5 heterocycles. The molecule has 9 heteroatoms. The number of fused-ring (bicyclic) bond motifs is 8. The molecule has 0 radical (unpaired) electrons. The van der Waals surface area contributed by atoms with Crippen molar-refractivity contribution in [3.8, 4) is 0 Å². The number of hydrogen-bond acceptors (Lipinski definition) is 2. The van der Waals surface area contributed by atoms with E-state index in [0.717, 1.165) is 0 Å². The molecule has 140 valence electrons. The fourth-order valence-corrected chi connectivity index (χ4v) is 3.07. The maximum absolute atomic E-state index is 14.7. The summed E-state index contributed by atoms with van der Waals surface area (Å²) in [5.74, 6) is -3.03. The van der Waals surface area contributed by atoms with E-state index < -0.39 is 23.3 Å². The molecule has 0 saturated heterocycles. The van der Waals surface area contributed by atoms with Gasteiger partial charge in [-0.05, 0) is 48.6 Å². The Morgan fingerprint density at radius 1 is 0.483 bits per heavy atom. The second-order valence-corrected chi connectivity index (χ2v) is 6.26. The number of nitrogens with zero attached hydrogens (tertiary/aromatic N) is 2. The van der Waals surface area contributed by atoms with E-state index in [4.69, 9.17) is 0 Å². The van der Waals surface area contributed by atoms with Gasteiger partial charge in [0.15, 0.2) is 23.3 Å². The second kappa shape index (κ2) is 7.08. The largest absolute Gasteiger partial charge is 0.351 e. The predicted molar refractivity (Wildman–Crippen MR) is 98.7 cm³/mol. The van der Waals surface area contributed by atoms with Crippen molar-refractivity contribution in [1.82, 2.24) is 19.9 Å². The molecule has 0 aromatic carbocycles. The Labute approximate surface area is 173 Å². The van der Waals surface area contributed by atoms with Crippen LogP contribution in [0, 0.1) is 23.3 Å². The van der Waals surface area contributed by atoms with Crippen LogP contribution in [0.15, 0.2) is 24.3 Å². The monoisotopic (exact) mass is 446 g/mol. The zero-order valence-corrected chi connectivity index (χ0v) is 17.7. The molecule has 29 heavy (non-hydrogen) atoms. The van der Waals surface area contributed by atoms with Gasteiger partial charge in [-0.2, -0.15) is 0 Å². The third-order valence-corrected chi connectivity index (χ3v) is 4.50. The first-order valence-electron chi connectivity index (χ1n) is 8.29. The Balaban J connectivity index is 0.00000205. The molecule has 8 bridgehead atoms. The Morgan fingerprint density at radius 2 is 0.793 bits per heavy atom. The molecule has 0 fully saturated rings. The number of H-pyrrole nitrogens is 2. The van der Waals surface area contributed by atoms with Gasteiger partial charge in [0, 0.05) is 19.5 Å². The average molecular weight is 448 g/mol. The molecule has 0 unspecified atom stereocenters. The maximum atomic E-state index is 14.7. The van der Waals surface area contributed by atoms with Crippen molar-refractivity contribution in [3.63, 3.8) is 0 Å². The van der Waals surface area contributed by atoms with Crippen LogP contribution in [0.3, 0.4) is 0 Å². The van der Waals surface area contributed by atoms with E-state index in [0.29, 0.717) is 0 Å². The second-order valence-electron chi connectivity index (χ2n) is 6.26. The van der Waals surface area contributed by atoms with Crippen LogP contribution >= 0.6 is 0 Å². The van der Waals surface area contributed by atoms with Gasteiger partial charge >= 0.3 is 0 Å².